The van der Waals surface area contributed by atoms with Crippen LogP contribution in [0.4, 0.5) is 0 Å². The number of benzene rings is 1. The number of thiophene rings is 1. The van der Waals surface area contributed by atoms with Crippen LogP contribution in [0.1, 0.15) is 24.8 Å². The molecule has 1 heterocycles. The van der Waals surface area contributed by atoms with Gasteiger partial charge < -0.3 is 10.6 Å². The molecule has 2 rings (SSSR count). The zero-order valence-corrected chi connectivity index (χ0v) is 19.0. The lowest BCUT2D eigenvalue weighted by molar-refractivity contribution is 0.592. The minimum Gasteiger partial charge on any atom is -0.356 e. The number of halogens is 1. The van der Waals surface area contributed by atoms with Gasteiger partial charge in [-0.25, -0.2) is 8.42 Å². The first-order chi connectivity index (χ1) is 12.0. The minimum absolute atomic E-state index is 0. The Balaban J connectivity index is 0.00000338. The zero-order valence-electron chi connectivity index (χ0n) is 15.0. The molecule has 1 aromatic heterocycles. The molecule has 2 N–H and O–H groups in total. The number of rotatable bonds is 8. The molecule has 0 bridgehead atoms. The van der Waals surface area contributed by atoms with Gasteiger partial charge in [0.15, 0.2) is 15.8 Å². The quantitative estimate of drug-likeness (QED) is 0.249. The Bertz CT molecular complexity index is 763. The highest BCUT2D eigenvalue weighted by molar-refractivity contribution is 14.0. The smallest absolute Gasteiger partial charge is 0.190 e. The summed E-state index contributed by atoms with van der Waals surface area (Å²) in [5, 5.41) is 10.7. The molecule has 0 fully saturated rings. The van der Waals surface area contributed by atoms with Crippen LogP contribution in [-0.4, -0.2) is 40.3 Å². The van der Waals surface area contributed by atoms with Crippen molar-refractivity contribution in [1.29, 1.82) is 0 Å². The fourth-order valence-electron chi connectivity index (χ4n) is 2.36. The second-order valence-corrected chi connectivity index (χ2v) is 8.71. The van der Waals surface area contributed by atoms with E-state index in [4.69, 9.17) is 0 Å². The third-order valence-electron chi connectivity index (χ3n) is 3.90. The molecular weight excluding hydrogens is 481 g/mol. The Morgan fingerprint density at radius 3 is 2.54 bits per heavy atom. The van der Waals surface area contributed by atoms with Crippen molar-refractivity contribution in [3.05, 3.63) is 52.7 Å². The van der Waals surface area contributed by atoms with E-state index in [9.17, 15) is 8.42 Å². The van der Waals surface area contributed by atoms with Gasteiger partial charge in [-0.05, 0) is 46.9 Å². The maximum atomic E-state index is 12.2. The zero-order chi connectivity index (χ0) is 18.1. The molecule has 0 aliphatic carbocycles. The van der Waals surface area contributed by atoms with Crippen LogP contribution in [0.15, 0.2) is 57.0 Å². The molecule has 0 amide bonds. The molecule has 0 radical (unpaired) electrons. The van der Waals surface area contributed by atoms with Gasteiger partial charge in [0, 0.05) is 20.1 Å². The van der Waals surface area contributed by atoms with Crippen LogP contribution in [0.5, 0.6) is 0 Å². The molecule has 8 heteroatoms. The second-order valence-electron chi connectivity index (χ2n) is 5.82. The number of nitrogens with one attached hydrogen (secondary N) is 2. The first-order valence-electron chi connectivity index (χ1n) is 8.27. The highest BCUT2D eigenvalue weighted by atomic mass is 127. The first-order valence-corrected chi connectivity index (χ1v) is 10.9. The molecule has 0 saturated heterocycles. The number of hydrogen-bond acceptors (Lipinski definition) is 4. The standard InChI is InChI=1S/C18H25N3O2S2.HI/c1-15(16-9-11-24-14-16)13-21-18(19-2)20-10-6-12-25(22,23)17-7-4-3-5-8-17;/h3-5,7-9,11,14-15H,6,10,12-13H2,1-2H3,(H2,19,20,21);1H. The summed E-state index contributed by atoms with van der Waals surface area (Å²) in [4.78, 5) is 4.56. The third kappa shape index (κ3) is 7.24. The fourth-order valence-corrected chi connectivity index (χ4v) is 4.47. The summed E-state index contributed by atoms with van der Waals surface area (Å²) in [5.74, 6) is 1.20. The van der Waals surface area contributed by atoms with Crippen LogP contribution < -0.4 is 10.6 Å². The molecule has 1 unspecified atom stereocenters. The lowest BCUT2D eigenvalue weighted by Crippen LogP contribution is -2.39. The van der Waals surface area contributed by atoms with E-state index in [2.05, 4.69) is 39.4 Å². The van der Waals surface area contributed by atoms with E-state index < -0.39 is 9.84 Å². The van der Waals surface area contributed by atoms with Crippen LogP contribution in [0, 0.1) is 0 Å². The van der Waals surface area contributed by atoms with E-state index in [1.165, 1.54) is 5.56 Å². The predicted octanol–water partition coefficient (Wildman–Crippen LogP) is 3.50. The Hall–Kier alpha value is -1.13. The summed E-state index contributed by atoms with van der Waals surface area (Å²) in [6.45, 7) is 3.49. The van der Waals surface area contributed by atoms with Gasteiger partial charge in [-0.2, -0.15) is 11.3 Å². The van der Waals surface area contributed by atoms with Gasteiger partial charge in [0.2, 0.25) is 0 Å². The van der Waals surface area contributed by atoms with E-state index in [-0.39, 0.29) is 29.7 Å². The van der Waals surface area contributed by atoms with Crippen molar-refractivity contribution in [2.24, 2.45) is 4.99 Å². The molecule has 5 nitrogen and oxygen atoms in total. The monoisotopic (exact) mass is 507 g/mol. The van der Waals surface area contributed by atoms with Gasteiger partial charge in [-0.1, -0.05) is 25.1 Å². The topological polar surface area (TPSA) is 70.6 Å². The molecule has 1 aromatic carbocycles. The Morgan fingerprint density at radius 2 is 1.92 bits per heavy atom. The maximum Gasteiger partial charge on any atom is 0.190 e. The average molecular weight is 507 g/mol. The van der Waals surface area contributed by atoms with Crippen LogP contribution in [-0.2, 0) is 9.84 Å². The largest absolute Gasteiger partial charge is 0.356 e. The average Bonchev–Trinajstić information content (AvgIpc) is 3.16. The lowest BCUT2D eigenvalue weighted by atomic mass is 10.1. The van der Waals surface area contributed by atoms with Crippen molar-refractivity contribution in [3.8, 4) is 0 Å². The molecule has 0 aliphatic heterocycles. The van der Waals surface area contributed by atoms with Crippen LogP contribution >= 0.6 is 35.3 Å². The van der Waals surface area contributed by atoms with E-state index in [0.29, 0.717) is 29.7 Å². The number of guanidine groups is 1. The summed E-state index contributed by atoms with van der Waals surface area (Å²) in [6, 6.07) is 10.7. The van der Waals surface area contributed by atoms with Gasteiger partial charge in [0.25, 0.3) is 0 Å². The van der Waals surface area contributed by atoms with E-state index >= 15 is 0 Å². The summed E-state index contributed by atoms with van der Waals surface area (Å²) < 4.78 is 24.4. The number of hydrogen-bond donors (Lipinski definition) is 2. The van der Waals surface area contributed by atoms with Gasteiger partial charge in [0.05, 0.1) is 10.6 Å². The highest BCUT2D eigenvalue weighted by Gasteiger charge is 2.13. The maximum absolute atomic E-state index is 12.2. The van der Waals surface area contributed by atoms with Crippen molar-refractivity contribution in [3.63, 3.8) is 0 Å². The number of sulfone groups is 1. The van der Waals surface area contributed by atoms with Crippen molar-refractivity contribution in [2.45, 2.75) is 24.2 Å². The normalized spacial score (nSPS) is 12.9. The molecule has 0 aliphatic rings. The number of aliphatic imine (C=N–C) groups is 1. The van der Waals surface area contributed by atoms with Gasteiger partial charge in [0.1, 0.15) is 0 Å². The van der Waals surface area contributed by atoms with E-state index in [1.54, 1.807) is 42.6 Å². The van der Waals surface area contributed by atoms with Crippen molar-refractivity contribution in [2.75, 3.05) is 25.9 Å². The Labute approximate surface area is 177 Å². The van der Waals surface area contributed by atoms with Gasteiger partial charge >= 0.3 is 0 Å². The summed E-state index contributed by atoms with van der Waals surface area (Å²) in [6.07, 6.45) is 0.526. The molecule has 26 heavy (non-hydrogen) atoms. The summed E-state index contributed by atoms with van der Waals surface area (Å²) >= 11 is 1.69. The fraction of sp³-hybridized carbons (Fsp3) is 0.389. The van der Waals surface area contributed by atoms with Crippen molar-refractivity contribution >= 4 is 51.1 Å². The van der Waals surface area contributed by atoms with Gasteiger partial charge in [-0.3, -0.25) is 4.99 Å². The summed E-state index contributed by atoms with van der Waals surface area (Å²) in [7, 11) is -1.51. The highest BCUT2D eigenvalue weighted by Crippen LogP contribution is 2.17. The lowest BCUT2D eigenvalue weighted by Gasteiger charge is -2.15. The Morgan fingerprint density at radius 1 is 1.19 bits per heavy atom. The summed E-state index contributed by atoms with van der Waals surface area (Å²) in [5.41, 5.74) is 1.31. The first kappa shape index (κ1) is 22.9. The molecule has 2 aromatic rings. The second kappa shape index (κ2) is 11.6. The molecular formula is C18H26IN3O2S2. The van der Waals surface area contributed by atoms with Crippen LogP contribution in [0.2, 0.25) is 0 Å². The SMILES string of the molecule is CN=C(NCCCS(=O)(=O)c1ccccc1)NCC(C)c1ccsc1.I. The molecule has 1 atom stereocenters. The van der Waals surface area contributed by atoms with Gasteiger partial charge in [-0.15, -0.1) is 24.0 Å². The molecule has 144 valence electrons. The number of nitrogens with zero attached hydrogens (tertiary/aromatic N) is 1. The molecule has 0 saturated carbocycles. The third-order valence-corrected chi connectivity index (χ3v) is 6.41. The van der Waals surface area contributed by atoms with Crippen molar-refractivity contribution < 1.29 is 8.42 Å². The predicted molar refractivity (Wildman–Crippen MR) is 121 cm³/mol. The molecule has 0 spiro atoms. The van der Waals surface area contributed by atoms with E-state index in [0.717, 1.165) is 6.54 Å². The van der Waals surface area contributed by atoms with Crippen LogP contribution in [0.25, 0.3) is 0 Å². The minimum atomic E-state index is -3.22. The van der Waals surface area contributed by atoms with Crippen LogP contribution in [0.3, 0.4) is 0 Å². The van der Waals surface area contributed by atoms with E-state index in [1.807, 2.05) is 6.07 Å². The Kier molecular flexibility index (Phi) is 10.2. The van der Waals surface area contributed by atoms with Crippen molar-refractivity contribution in [1.82, 2.24) is 10.6 Å².